The van der Waals surface area contributed by atoms with Gasteiger partial charge in [0.2, 0.25) is 12.7 Å². The highest BCUT2D eigenvalue weighted by atomic mass is 16.7. The summed E-state index contributed by atoms with van der Waals surface area (Å²) in [5.41, 5.74) is 4.15. The molecule has 1 unspecified atom stereocenters. The van der Waals surface area contributed by atoms with Crippen molar-refractivity contribution in [1.82, 2.24) is 15.1 Å². The predicted molar refractivity (Wildman–Crippen MR) is 154 cm³/mol. The van der Waals surface area contributed by atoms with Crippen LogP contribution in [0.5, 0.6) is 11.5 Å². The Hall–Kier alpha value is -4.09. The number of aliphatic hydroxyl groups is 1. The van der Waals surface area contributed by atoms with E-state index in [9.17, 15) is 19.5 Å². The quantitative estimate of drug-likeness (QED) is 0.423. The molecule has 0 saturated carbocycles. The molecular weight excluding hydrogens is 540 g/mol. The summed E-state index contributed by atoms with van der Waals surface area (Å²) in [6.45, 7) is 4.57. The molecule has 1 fully saturated rings. The maximum atomic E-state index is 13.3. The van der Waals surface area contributed by atoms with Crippen LogP contribution in [0.25, 0.3) is 11.0 Å². The van der Waals surface area contributed by atoms with Gasteiger partial charge in [0.15, 0.2) is 11.5 Å². The predicted octanol–water partition coefficient (Wildman–Crippen LogP) is 1.66. The Labute approximate surface area is 242 Å². The third kappa shape index (κ3) is 4.86. The number of aryl methyl sites for hydroxylation is 2. The summed E-state index contributed by atoms with van der Waals surface area (Å²) in [6, 6.07) is 8.30. The van der Waals surface area contributed by atoms with E-state index in [0.717, 1.165) is 61.4 Å². The lowest BCUT2D eigenvalue weighted by Gasteiger charge is -2.37. The molecule has 2 amide bonds. The van der Waals surface area contributed by atoms with E-state index in [2.05, 4.69) is 15.1 Å². The topological polar surface area (TPSA) is 125 Å². The molecule has 0 spiro atoms. The van der Waals surface area contributed by atoms with Crippen LogP contribution in [0.2, 0.25) is 0 Å². The number of fused-ring (bicyclic) bond motifs is 3. The summed E-state index contributed by atoms with van der Waals surface area (Å²) in [4.78, 5) is 45.7. The number of nitrogens with one attached hydrogen (secondary N) is 1. The number of ether oxygens (including phenoxy) is 2. The van der Waals surface area contributed by atoms with Crippen molar-refractivity contribution in [2.24, 2.45) is 0 Å². The zero-order chi connectivity index (χ0) is 28.8. The van der Waals surface area contributed by atoms with Crippen LogP contribution in [0.4, 0.5) is 5.69 Å². The van der Waals surface area contributed by atoms with Gasteiger partial charge in [0.1, 0.15) is 17.2 Å². The van der Waals surface area contributed by atoms with E-state index in [0.29, 0.717) is 43.7 Å². The number of carbonyl (C=O) groups is 2. The molecular formula is C31H34N4O7. The van der Waals surface area contributed by atoms with Gasteiger partial charge >= 0.3 is 5.63 Å². The fourth-order valence-corrected chi connectivity index (χ4v) is 6.67. The van der Waals surface area contributed by atoms with Gasteiger partial charge in [-0.05, 0) is 61.1 Å². The number of benzene rings is 2. The van der Waals surface area contributed by atoms with Crippen molar-refractivity contribution in [2.45, 2.75) is 38.3 Å². The van der Waals surface area contributed by atoms with Crippen LogP contribution >= 0.6 is 0 Å². The van der Waals surface area contributed by atoms with Gasteiger partial charge < -0.3 is 34.1 Å². The molecule has 2 aromatic carbocycles. The SMILES string of the molecule is O=C(NC(CO)C(=O)N1CCN(Cc2ccc3c(c2)OCO3)CC1)c1cc2cc3c4c(c2oc1=O)CCCN4CCC3. The minimum absolute atomic E-state index is 0.169. The zero-order valence-corrected chi connectivity index (χ0v) is 23.4. The van der Waals surface area contributed by atoms with Gasteiger partial charge in [-0.25, -0.2) is 4.79 Å². The zero-order valence-electron chi connectivity index (χ0n) is 23.4. The number of aliphatic hydroxyl groups excluding tert-OH is 1. The second-order valence-corrected chi connectivity index (χ2v) is 11.4. The minimum atomic E-state index is -1.16. The van der Waals surface area contributed by atoms with E-state index in [-0.39, 0.29) is 18.3 Å². The van der Waals surface area contributed by atoms with Gasteiger partial charge in [-0.15, -0.1) is 0 Å². The second kappa shape index (κ2) is 11.0. The summed E-state index contributed by atoms with van der Waals surface area (Å²) in [6.07, 6.45) is 3.83. The number of amides is 2. The molecule has 1 atom stereocenters. The first-order chi connectivity index (χ1) is 20.5. The second-order valence-electron chi connectivity index (χ2n) is 11.4. The van der Waals surface area contributed by atoms with E-state index in [4.69, 9.17) is 13.9 Å². The number of hydrogen-bond donors (Lipinski definition) is 2. The molecule has 220 valence electrons. The number of piperazine rings is 1. The summed E-state index contributed by atoms with van der Waals surface area (Å²) in [7, 11) is 0. The van der Waals surface area contributed by atoms with Crippen LogP contribution in [0.15, 0.2) is 39.5 Å². The van der Waals surface area contributed by atoms with Gasteiger partial charge in [-0.3, -0.25) is 14.5 Å². The number of nitrogens with zero attached hydrogens (tertiary/aromatic N) is 3. The van der Waals surface area contributed by atoms with Gasteiger partial charge in [-0.1, -0.05) is 6.07 Å². The molecule has 3 aromatic rings. The van der Waals surface area contributed by atoms with Gasteiger partial charge in [0.05, 0.1) is 6.61 Å². The summed E-state index contributed by atoms with van der Waals surface area (Å²) < 4.78 is 16.6. The molecule has 2 N–H and O–H groups in total. The number of hydrogen-bond acceptors (Lipinski definition) is 9. The molecule has 0 aliphatic carbocycles. The highest BCUT2D eigenvalue weighted by molar-refractivity contribution is 6.00. The lowest BCUT2D eigenvalue weighted by atomic mass is 9.90. The molecule has 0 radical (unpaired) electrons. The third-order valence-corrected chi connectivity index (χ3v) is 8.77. The van der Waals surface area contributed by atoms with Crippen LogP contribution in [0.1, 0.15) is 39.9 Å². The van der Waals surface area contributed by atoms with E-state index >= 15 is 0 Å². The van der Waals surface area contributed by atoms with Crippen molar-refractivity contribution < 1.29 is 28.6 Å². The Morgan fingerprint density at radius 2 is 1.74 bits per heavy atom. The van der Waals surface area contributed by atoms with E-state index in [1.165, 1.54) is 11.3 Å². The minimum Gasteiger partial charge on any atom is -0.454 e. The molecule has 11 nitrogen and oxygen atoms in total. The smallest absolute Gasteiger partial charge is 0.349 e. The van der Waals surface area contributed by atoms with Gasteiger partial charge in [0.25, 0.3) is 5.91 Å². The van der Waals surface area contributed by atoms with E-state index in [1.54, 1.807) is 11.0 Å². The van der Waals surface area contributed by atoms with E-state index < -0.39 is 24.2 Å². The van der Waals surface area contributed by atoms with Crippen molar-refractivity contribution in [2.75, 3.05) is 57.6 Å². The van der Waals surface area contributed by atoms with Crippen molar-refractivity contribution in [3.05, 3.63) is 63.0 Å². The Balaban J connectivity index is 1.02. The highest BCUT2D eigenvalue weighted by Gasteiger charge is 2.31. The van der Waals surface area contributed by atoms with Crippen LogP contribution in [-0.2, 0) is 24.2 Å². The average molecular weight is 575 g/mol. The number of rotatable bonds is 6. The maximum absolute atomic E-state index is 13.3. The first kappa shape index (κ1) is 26.8. The standard InChI is InChI=1S/C31H34N4O7/c36-17-24(30(38)35-11-9-33(10-12-35)16-19-5-6-25-26(13-19)41-18-40-25)32-29(37)23-15-21-14-20-3-1-7-34-8-2-4-22(27(20)34)28(21)42-31(23)39/h5-6,13-15,24,36H,1-4,7-12,16-18H2,(H,32,37). The third-order valence-electron chi connectivity index (χ3n) is 8.77. The van der Waals surface area contributed by atoms with Crippen molar-refractivity contribution in [3.8, 4) is 11.5 Å². The average Bonchev–Trinajstić information content (AvgIpc) is 3.48. The highest BCUT2D eigenvalue weighted by Crippen LogP contribution is 2.39. The summed E-state index contributed by atoms with van der Waals surface area (Å²) >= 11 is 0. The Morgan fingerprint density at radius 3 is 2.55 bits per heavy atom. The van der Waals surface area contributed by atoms with Crippen LogP contribution in [0, 0.1) is 0 Å². The molecule has 11 heteroatoms. The maximum Gasteiger partial charge on any atom is 0.349 e. The molecule has 1 aromatic heterocycles. The van der Waals surface area contributed by atoms with Crippen LogP contribution in [0.3, 0.4) is 0 Å². The molecule has 4 aliphatic rings. The fourth-order valence-electron chi connectivity index (χ4n) is 6.67. The Kier molecular flexibility index (Phi) is 6.99. The van der Waals surface area contributed by atoms with Crippen LogP contribution < -0.4 is 25.3 Å². The lowest BCUT2D eigenvalue weighted by molar-refractivity contribution is -0.136. The van der Waals surface area contributed by atoms with Crippen LogP contribution in [-0.4, -0.2) is 85.4 Å². The van der Waals surface area contributed by atoms with Gasteiger partial charge in [-0.2, -0.15) is 0 Å². The van der Waals surface area contributed by atoms with Crippen molar-refractivity contribution in [3.63, 3.8) is 0 Å². The molecule has 4 aliphatic heterocycles. The normalized spacial score (nSPS) is 18.6. The lowest BCUT2D eigenvalue weighted by Crippen LogP contribution is -2.56. The largest absolute Gasteiger partial charge is 0.454 e. The first-order valence-corrected chi connectivity index (χ1v) is 14.7. The molecule has 1 saturated heterocycles. The molecule has 5 heterocycles. The van der Waals surface area contributed by atoms with Gasteiger partial charge in [0, 0.05) is 62.5 Å². The molecule has 0 bridgehead atoms. The molecule has 7 rings (SSSR count). The summed E-state index contributed by atoms with van der Waals surface area (Å²) in [5.74, 6) is 0.376. The van der Waals surface area contributed by atoms with E-state index in [1.807, 2.05) is 24.3 Å². The summed E-state index contributed by atoms with van der Waals surface area (Å²) in [5, 5.41) is 13.3. The Bertz CT molecular complexity index is 1610. The van der Waals surface area contributed by atoms with Crippen molar-refractivity contribution >= 4 is 28.5 Å². The number of carbonyl (C=O) groups excluding carboxylic acids is 2. The number of anilines is 1. The van der Waals surface area contributed by atoms with Crippen molar-refractivity contribution in [1.29, 1.82) is 0 Å². The fraction of sp³-hybridized carbons (Fsp3) is 0.452. The monoisotopic (exact) mass is 574 g/mol. The molecule has 42 heavy (non-hydrogen) atoms. The first-order valence-electron chi connectivity index (χ1n) is 14.7. The Morgan fingerprint density at radius 1 is 0.952 bits per heavy atom.